The van der Waals surface area contributed by atoms with Crippen molar-refractivity contribution in [1.82, 2.24) is 15.0 Å². The number of nitrogens with two attached hydrogens (primary N) is 1. The average Bonchev–Trinajstić information content (AvgIpc) is 2.45. The van der Waals surface area contributed by atoms with Crippen LogP contribution < -0.4 is 10.6 Å². The Bertz CT molecular complexity index is 716. The Kier molecular flexibility index (Phi) is 8.89. The van der Waals surface area contributed by atoms with E-state index in [1.807, 2.05) is 0 Å². The number of nitrogen functional groups attached to an aromatic ring is 1. The minimum Gasteiger partial charge on any atom is -0.368 e. The van der Waals surface area contributed by atoms with E-state index in [9.17, 15) is 16.8 Å². The second-order valence-electron chi connectivity index (χ2n) is 4.93. The average molecular weight is 455 g/mol. The van der Waals surface area contributed by atoms with Crippen LogP contribution in [0.1, 0.15) is 0 Å². The third-order valence-electron chi connectivity index (χ3n) is 3.02. The summed E-state index contributed by atoms with van der Waals surface area (Å²) in [6.45, 7) is -0.0925. The number of alkyl halides is 2. The highest BCUT2D eigenvalue weighted by Crippen LogP contribution is 2.13. The second-order valence-corrected chi connectivity index (χ2v) is 10.6. The highest BCUT2D eigenvalue weighted by atomic mass is 35.5. The number of rotatable bonds is 11. The molecule has 14 heteroatoms. The summed E-state index contributed by atoms with van der Waals surface area (Å²) in [5.74, 6) is -1.10. The van der Waals surface area contributed by atoms with E-state index in [4.69, 9.17) is 40.5 Å². The van der Waals surface area contributed by atoms with E-state index >= 15 is 0 Å². The summed E-state index contributed by atoms with van der Waals surface area (Å²) in [7, 11) is -6.80. The molecule has 0 fully saturated rings. The fraction of sp³-hybridized carbons (Fsp3) is 0.727. The van der Waals surface area contributed by atoms with Gasteiger partial charge in [-0.3, -0.25) is 0 Å². The van der Waals surface area contributed by atoms with Crippen LogP contribution in [0.2, 0.25) is 5.28 Å². The first-order valence-corrected chi connectivity index (χ1v) is 12.1. The molecule has 0 radical (unpaired) electrons. The topological polar surface area (TPSA) is 136 Å². The van der Waals surface area contributed by atoms with Crippen LogP contribution in [0.3, 0.4) is 0 Å². The van der Waals surface area contributed by atoms with Crippen LogP contribution >= 0.6 is 34.8 Å². The molecule has 0 amide bonds. The molecule has 0 aliphatic carbocycles. The van der Waals surface area contributed by atoms with E-state index in [-0.39, 0.29) is 65.0 Å². The van der Waals surface area contributed by atoms with E-state index < -0.39 is 19.7 Å². The van der Waals surface area contributed by atoms with Crippen LogP contribution in [-0.2, 0) is 19.7 Å². The molecule has 1 aromatic heterocycles. The Morgan fingerprint density at radius 2 is 1.32 bits per heavy atom. The zero-order chi connectivity index (χ0) is 19.1. The lowest BCUT2D eigenvalue weighted by Gasteiger charge is -2.22. The van der Waals surface area contributed by atoms with Gasteiger partial charge in [0, 0.05) is 24.8 Å². The molecule has 144 valence electrons. The van der Waals surface area contributed by atoms with Crippen LogP contribution in [0.5, 0.6) is 0 Å². The molecular weight excluding hydrogens is 437 g/mol. The van der Waals surface area contributed by atoms with Crippen molar-refractivity contribution in [2.45, 2.75) is 0 Å². The van der Waals surface area contributed by atoms with E-state index in [0.29, 0.717) is 0 Å². The zero-order valence-corrected chi connectivity index (χ0v) is 17.0. The van der Waals surface area contributed by atoms with Crippen LogP contribution in [0.15, 0.2) is 0 Å². The number of aromatic nitrogens is 3. The van der Waals surface area contributed by atoms with Gasteiger partial charge in [-0.15, -0.1) is 23.2 Å². The molecule has 0 spiro atoms. The maximum atomic E-state index is 11.9. The minimum atomic E-state index is -3.40. The Balaban J connectivity index is 2.97. The van der Waals surface area contributed by atoms with Crippen molar-refractivity contribution in [2.24, 2.45) is 0 Å². The predicted octanol–water partition coefficient (Wildman–Crippen LogP) is 0.221. The molecular formula is C11H18Cl3N5O4S2. The van der Waals surface area contributed by atoms with Gasteiger partial charge >= 0.3 is 0 Å². The largest absolute Gasteiger partial charge is 0.368 e. The van der Waals surface area contributed by atoms with Gasteiger partial charge in [-0.25, -0.2) is 16.8 Å². The Morgan fingerprint density at radius 1 is 0.840 bits per heavy atom. The first-order chi connectivity index (χ1) is 11.6. The van der Waals surface area contributed by atoms with Gasteiger partial charge in [0.15, 0.2) is 19.7 Å². The third kappa shape index (κ3) is 8.54. The predicted molar refractivity (Wildman–Crippen MR) is 100 cm³/mol. The maximum absolute atomic E-state index is 11.9. The SMILES string of the molecule is Nc1nc(Cl)nc(N(CCS(=O)(=O)CCCl)CCS(=O)(=O)CCCl)n1. The monoisotopic (exact) mass is 453 g/mol. The molecule has 2 N–H and O–H groups in total. The molecule has 0 saturated carbocycles. The van der Waals surface area contributed by atoms with Gasteiger partial charge in [-0.2, -0.15) is 15.0 Å². The van der Waals surface area contributed by atoms with E-state index in [1.54, 1.807) is 0 Å². The number of hydrogen-bond donors (Lipinski definition) is 1. The summed E-state index contributed by atoms with van der Waals surface area (Å²) in [5.41, 5.74) is 5.51. The summed E-state index contributed by atoms with van der Waals surface area (Å²) in [5, 5.41) is -0.181. The van der Waals surface area contributed by atoms with Gasteiger partial charge in [0.2, 0.25) is 17.2 Å². The van der Waals surface area contributed by atoms with Crippen molar-refractivity contribution in [3.8, 4) is 0 Å². The molecule has 0 aromatic carbocycles. The molecule has 0 bridgehead atoms. The Labute approximate surface area is 161 Å². The lowest BCUT2D eigenvalue weighted by atomic mass is 10.5. The van der Waals surface area contributed by atoms with E-state index in [1.165, 1.54) is 4.90 Å². The third-order valence-corrected chi connectivity index (χ3v) is 7.27. The lowest BCUT2D eigenvalue weighted by Crippen LogP contribution is -2.36. The van der Waals surface area contributed by atoms with Gasteiger partial charge in [-0.05, 0) is 11.6 Å². The fourth-order valence-electron chi connectivity index (χ4n) is 1.75. The normalized spacial score (nSPS) is 12.3. The summed E-state index contributed by atoms with van der Waals surface area (Å²) in [6, 6.07) is 0. The summed E-state index contributed by atoms with van der Waals surface area (Å²) in [4.78, 5) is 12.8. The maximum Gasteiger partial charge on any atom is 0.231 e. The highest BCUT2D eigenvalue weighted by Gasteiger charge is 2.20. The molecule has 1 rings (SSSR count). The molecule has 1 heterocycles. The molecule has 1 aromatic rings. The lowest BCUT2D eigenvalue weighted by molar-refractivity contribution is 0.594. The van der Waals surface area contributed by atoms with Gasteiger partial charge in [0.1, 0.15) is 0 Å². The van der Waals surface area contributed by atoms with Gasteiger partial charge < -0.3 is 10.6 Å². The summed E-state index contributed by atoms with van der Waals surface area (Å²) < 4.78 is 47.4. The molecule has 0 aliphatic rings. The summed E-state index contributed by atoms with van der Waals surface area (Å²) in [6.07, 6.45) is 0. The molecule has 0 saturated heterocycles. The van der Waals surface area contributed by atoms with E-state index in [0.717, 1.165) is 0 Å². The van der Waals surface area contributed by atoms with Crippen molar-refractivity contribution in [3.05, 3.63) is 5.28 Å². The van der Waals surface area contributed by atoms with Crippen LogP contribution in [-0.4, -0.2) is 79.6 Å². The molecule has 25 heavy (non-hydrogen) atoms. The number of hydrogen-bond acceptors (Lipinski definition) is 9. The van der Waals surface area contributed by atoms with Crippen LogP contribution in [0.4, 0.5) is 11.9 Å². The second kappa shape index (κ2) is 9.91. The van der Waals surface area contributed by atoms with Crippen molar-refractivity contribution in [3.63, 3.8) is 0 Å². The van der Waals surface area contributed by atoms with Crippen LogP contribution in [0, 0.1) is 0 Å². The smallest absolute Gasteiger partial charge is 0.231 e. The zero-order valence-electron chi connectivity index (χ0n) is 13.1. The van der Waals surface area contributed by atoms with Gasteiger partial charge in [-0.1, -0.05) is 0 Å². The fourth-order valence-corrected chi connectivity index (χ4v) is 5.19. The highest BCUT2D eigenvalue weighted by molar-refractivity contribution is 7.91. The number of sulfone groups is 2. The first kappa shape index (κ1) is 22.4. The number of nitrogens with zero attached hydrogens (tertiary/aromatic N) is 4. The Morgan fingerprint density at radius 3 is 1.72 bits per heavy atom. The Hall–Kier alpha value is -0.620. The number of anilines is 2. The quantitative estimate of drug-likeness (QED) is 0.465. The van der Waals surface area contributed by atoms with Crippen molar-refractivity contribution >= 4 is 66.4 Å². The molecule has 0 aliphatic heterocycles. The first-order valence-electron chi connectivity index (χ1n) is 7.03. The molecule has 9 nitrogen and oxygen atoms in total. The van der Waals surface area contributed by atoms with Crippen molar-refractivity contribution < 1.29 is 16.8 Å². The van der Waals surface area contributed by atoms with Gasteiger partial charge in [0.25, 0.3) is 0 Å². The van der Waals surface area contributed by atoms with Crippen molar-refractivity contribution in [2.75, 3.05) is 58.5 Å². The standard InChI is InChI=1S/C11H18Cl3N5O4S2/c12-1-5-24(20,21)7-3-19(4-8-25(22,23)6-2-13)11-17-9(14)16-10(15)18-11/h1-8H2,(H2,15,16,17,18). The van der Waals surface area contributed by atoms with Crippen LogP contribution in [0.25, 0.3) is 0 Å². The molecule has 0 unspecified atom stereocenters. The molecule has 0 atom stereocenters. The summed E-state index contributed by atoms with van der Waals surface area (Å²) >= 11 is 16.7. The van der Waals surface area contributed by atoms with Gasteiger partial charge in [0.05, 0.1) is 23.0 Å². The minimum absolute atomic E-state index is 0.000327. The van der Waals surface area contributed by atoms with Crippen molar-refractivity contribution in [1.29, 1.82) is 0 Å². The van der Waals surface area contributed by atoms with E-state index in [2.05, 4.69) is 15.0 Å². The number of halogens is 3.